The zero-order valence-electron chi connectivity index (χ0n) is 19.5. The Morgan fingerprint density at radius 1 is 1.19 bits per heavy atom. The SMILES string of the molecule is C[C@@H](NC(=O)c1ccc2c(n1)N(C(=O)Nc1cc(-c3ccn(C)n3)ccn1)C1CCN2C1)C(F)(F)F. The normalized spacial score (nSPS) is 17.5. The third kappa shape index (κ3) is 4.43. The van der Waals surface area contributed by atoms with Gasteiger partial charge in [0.25, 0.3) is 5.91 Å². The van der Waals surface area contributed by atoms with Gasteiger partial charge < -0.3 is 10.2 Å². The zero-order valence-corrected chi connectivity index (χ0v) is 19.5. The van der Waals surface area contributed by atoms with Crippen LogP contribution < -0.4 is 20.4 Å². The van der Waals surface area contributed by atoms with E-state index in [1.165, 1.54) is 11.0 Å². The molecule has 0 saturated carbocycles. The van der Waals surface area contributed by atoms with E-state index in [0.29, 0.717) is 31.0 Å². The van der Waals surface area contributed by atoms with Crippen LogP contribution in [0.3, 0.4) is 0 Å². The second kappa shape index (κ2) is 8.81. The third-order valence-electron chi connectivity index (χ3n) is 6.25. The second-order valence-electron chi connectivity index (χ2n) is 8.77. The van der Waals surface area contributed by atoms with Gasteiger partial charge in [0.1, 0.15) is 17.6 Å². The van der Waals surface area contributed by atoms with Crippen molar-refractivity contribution < 1.29 is 22.8 Å². The van der Waals surface area contributed by atoms with Crippen LogP contribution in [0.4, 0.5) is 35.3 Å². The number of hydrogen-bond acceptors (Lipinski definition) is 6. The predicted octanol–water partition coefficient (Wildman–Crippen LogP) is 3.19. The Hall–Kier alpha value is -4.16. The van der Waals surface area contributed by atoms with Gasteiger partial charge in [-0.25, -0.2) is 14.8 Å². The van der Waals surface area contributed by atoms with E-state index in [-0.39, 0.29) is 17.6 Å². The highest BCUT2D eigenvalue weighted by molar-refractivity contribution is 6.05. The maximum Gasteiger partial charge on any atom is 0.408 e. The number of aromatic nitrogens is 4. The first-order valence-corrected chi connectivity index (χ1v) is 11.3. The first-order chi connectivity index (χ1) is 17.1. The number of anilines is 3. The van der Waals surface area contributed by atoms with Crippen molar-refractivity contribution in [1.82, 2.24) is 25.1 Å². The molecule has 5 heterocycles. The Morgan fingerprint density at radius 3 is 2.72 bits per heavy atom. The Balaban J connectivity index is 1.41. The maximum atomic E-state index is 13.4. The van der Waals surface area contributed by atoms with E-state index in [0.717, 1.165) is 18.2 Å². The molecule has 0 radical (unpaired) electrons. The van der Waals surface area contributed by atoms with Crippen molar-refractivity contribution >= 4 is 29.3 Å². The van der Waals surface area contributed by atoms with E-state index in [1.807, 2.05) is 16.3 Å². The minimum Gasteiger partial charge on any atom is -0.366 e. The summed E-state index contributed by atoms with van der Waals surface area (Å²) in [5, 5.41) is 9.05. The van der Waals surface area contributed by atoms with Gasteiger partial charge in [-0.05, 0) is 43.7 Å². The number of urea groups is 1. The summed E-state index contributed by atoms with van der Waals surface area (Å²) in [4.78, 5) is 37.9. The molecular formula is C23H23F3N8O2. The summed E-state index contributed by atoms with van der Waals surface area (Å²) >= 11 is 0. The summed E-state index contributed by atoms with van der Waals surface area (Å²) < 4.78 is 40.4. The molecule has 188 valence electrons. The van der Waals surface area contributed by atoms with Crippen LogP contribution in [0.1, 0.15) is 23.8 Å². The number of rotatable bonds is 4. The molecule has 2 aliphatic rings. The van der Waals surface area contributed by atoms with Crippen molar-refractivity contribution in [2.45, 2.75) is 31.6 Å². The molecule has 1 fully saturated rings. The van der Waals surface area contributed by atoms with Crippen LogP contribution in [0.15, 0.2) is 42.7 Å². The van der Waals surface area contributed by atoms with Gasteiger partial charge in [0, 0.05) is 38.1 Å². The van der Waals surface area contributed by atoms with Gasteiger partial charge in [0.2, 0.25) is 0 Å². The van der Waals surface area contributed by atoms with Crippen molar-refractivity contribution in [3.05, 3.63) is 48.4 Å². The minimum atomic E-state index is -4.59. The van der Waals surface area contributed by atoms with Crippen LogP contribution >= 0.6 is 0 Å². The molecule has 0 aromatic carbocycles. The number of alkyl halides is 3. The van der Waals surface area contributed by atoms with E-state index < -0.39 is 24.2 Å². The van der Waals surface area contributed by atoms with Gasteiger partial charge in [-0.3, -0.25) is 19.7 Å². The molecule has 2 aliphatic heterocycles. The summed E-state index contributed by atoms with van der Waals surface area (Å²) in [6.07, 6.45) is -0.543. The lowest BCUT2D eigenvalue weighted by molar-refractivity contribution is -0.149. The van der Waals surface area contributed by atoms with Crippen molar-refractivity contribution in [3.8, 4) is 11.3 Å². The molecule has 36 heavy (non-hydrogen) atoms. The number of carbonyl (C=O) groups is 2. The first-order valence-electron chi connectivity index (χ1n) is 11.3. The lowest BCUT2D eigenvalue weighted by Crippen LogP contribution is -2.49. The summed E-state index contributed by atoms with van der Waals surface area (Å²) in [6.45, 7) is 2.13. The van der Waals surface area contributed by atoms with Crippen LogP contribution in [0.5, 0.6) is 0 Å². The molecule has 1 saturated heterocycles. The number of carbonyl (C=O) groups excluding carboxylic acids is 2. The van der Waals surface area contributed by atoms with Gasteiger partial charge in [-0.2, -0.15) is 18.3 Å². The van der Waals surface area contributed by atoms with Crippen molar-refractivity contribution in [2.75, 3.05) is 28.2 Å². The first kappa shape index (κ1) is 23.6. The van der Waals surface area contributed by atoms with Crippen molar-refractivity contribution in [3.63, 3.8) is 0 Å². The average Bonchev–Trinajstić information content (AvgIpc) is 3.45. The lowest BCUT2D eigenvalue weighted by Gasteiger charge is -2.35. The van der Waals surface area contributed by atoms with Gasteiger partial charge in [-0.15, -0.1) is 0 Å². The number of fused-ring (bicyclic) bond motifs is 4. The number of aryl methyl sites for hydroxylation is 1. The number of nitrogens with zero attached hydrogens (tertiary/aromatic N) is 6. The molecule has 2 atom stereocenters. The van der Waals surface area contributed by atoms with Crippen molar-refractivity contribution in [2.24, 2.45) is 7.05 Å². The highest BCUT2D eigenvalue weighted by atomic mass is 19.4. The molecule has 3 aromatic rings. The predicted molar refractivity (Wildman–Crippen MR) is 126 cm³/mol. The van der Waals surface area contributed by atoms with Crippen LogP contribution in [-0.4, -0.2) is 63.0 Å². The Bertz CT molecular complexity index is 1320. The molecule has 2 N–H and O–H groups in total. The fraction of sp³-hybridized carbons (Fsp3) is 0.348. The largest absolute Gasteiger partial charge is 0.408 e. The molecule has 2 bridgehead atoms. The molecule has 3 amide bonds. The molecule has 13 heteroatoms. The lowest BCUT2D eigenvalue weighted by atomic mass is 10.1. The molecule has 5 rings (SSSR count). The summed E-state index contributed by atoms with van der Waals surface area (Å²) in [7, 11) is 1.80. The van der Waals surface area contributed by atoms with Crippen LogP contribution in [0.25, 0.3) is 11.3 Å². The molecule has 1 unspecified atom stereocenters. The molecule has 0 spiro atoms. The molecule has 0 aliphatic carbocycles. The summed E-state index contributed by atoms with van der Waals surface area (Å²) in [5.74, 6) is -0.451. The molecule has 3 aromatic heterocycles. The van der Waals surface area contributed by atoms with Crippen LogP contribution in [0.2, 0.25) is 0 Å². The van der Waals surface area contributed by atoms with E-state index >= 15 is 0 Å². The fourth-order valence-corrected chi connectivity index (χ4v) is 4.35. The number of pyridine rings is 2. The van der Waals surface area contributed by atoms with E-state index in [9.17, 15) is 22.8 Å². The van der Waals surface area contributed by atoms with Gasteiger partial charge in [0.05, 0.1) is 17.4 Å². The second-order valence-corrected chi connectivity index (χ2v) is 8.77. The van der Waals surface area contributed by atoms with Gasteiger partial charge >= 0.3 is 12.2 Å². The molecule has 10 nitrogen and oxygen atoms in total. The number of hydrogen-bond donors (Lipinski definition) is 2. The number of nitrogens with one attached hydrogen (secondary N) is 2. The minimum absolute atomic E-state index is 0.208. The van der Waals surface area contributed by atoms with Gasteiger partial charge in [-0.1, -0.05) is 0 Å². The quantitative estimate of drug-likeness (QED) is 0.570. The van der Waals surface area contributed by atoms with Crippen LogP contribution in [0, 0.1) is 0 Å². The highest BCUT2D eigenvalue weighted by Gasteiger charge is 2.41. The zero-order chi connectivity index (χ0) is 25.6. The van der Waals surface area contributed by atoms with E-state index in [1.54, 1.807) is 42.3 Å². The summed E-state index contributed by atoms with van der Waals surface area (Å²) in [5.41, 5.74) is 1.91. The smallest absolute Gasteiger partial charge is 0.366 e. The van der Waals surface area contributed by atoms with Crippen LogP contribution in [-0.2, 0) is 7.05 Å². The number of amides is 3. The van der Waals surface area contributed by atoms with Crippen molar-refractivity contribution in [1.29, 1.82) is 0 Å². The average molecular weight is 500 g/mol. The van der Waals surface area contributed by atoms with E-state index in [2.05, 4.69) is 20.4 Å². The Labute approximate surface area is 204 Å². The third-order valence-corrected chi connectivity index (χ3v) is 6.25. The topological polar surface area (TPSA) is 108 Å². The monoisotopic (exact) mass is 500 g/mol. The highest BCUT2D eigenvalue weighted by Crippen LogP contribution is 2.39. The molecular weight excluding hydrogens is 477 g/mol. The maximum absolute atomic E-state index is 13.4. The van der Waals surface area contributed by atoms with Gasteiger partial charge in [0.15, 0.2) is 5.82 Å². The Kier molecular flexibility index (Phi) is 5.77. The number of halogens is 3. The standard InChI is InChI=1S/C23H23F3N8O2/c1-13(23(24,25)26)28-21(35)17-3-4-18-20(29-17)34(15-6-10-33(18)12-15)22(36)30-19-11-14(5-8-27-19)16-7-9-32(2)31-16/h3-5,7-9,11,13,15H,6,10,12H2,1-2H3,(H,28,35)(H,27,30,36)/t13-,15?/m1/s1. The van der Waals surface area contributed by atoms with E-state index in [4.69, 9.17) is 0 Å². The fourth-order valence-electron chi connectivity index (χ4n) is 4.35. The summed E-state index contributed by atoms with van der Waals surface area (Å²) in [6, 6.07) is 5.53. The Morgan fingerprint density at radius 2 is 2.00 bits per heavy atom.